The summed E-state index contributed by atoms with van der Waals surface area (Å²) in [5.74, 6) is -0.424. The average Bonchev–Trinajstić information content (AvgIpc) is 1.99. The highest BCUT2D eigenvalue weighted by molar-refractivity contribution is 5.95. The van der Waals surface area contributed by atoms with Gasteiger partial charge in [-0.25, -0.2) is 0 Å². The Bertz CT molecular complexity index is 380. The van der Waals surface area contributed by atoms with E-state index < -0.39 is 11.5 Å². The molecule has 0 aliphatic rings. The molecule has 1 aromatic carbocycles. The third-order valence-electron chi connectivity index (χ3n) is 2.49. The number of hydrogen-bond acceptors (Lipinski definition) is 2. The Morgan fingerprint density at radius 3 is 1.93 bits per heavy atom. The molecule has 1 aromatic rings. The van der Waals surface area contributed by atoms with Crippen LogP contribution in [-0.2, 0) is 5.60 Å². The number of rotatable bonds is 2. The third kappa shape index (κ3) is 2.36. The summed E-state index contributed by atoms with van der Waals surface area (Å²) in [7, 11) is 0. The highest BCUT2D eigenvalue weighted by Gasteiger charge is 2.19. The zero-order valence-corrected chi connectivity index (χ0v) is 9.59. The average molecular weight is 207 g/mol. The number of aliphatic hydroxyl groups is 1. The predicted molar refractivity (Wildman–Crippen MR) is 59.7 cm³/mol. The second-order valence-corrected chi connectivity index (χ2v) is 4.41. The first-order valence-corrected chi connectivity index (χ1v) is 4.87. The SMILES string of the molecule is Cc1cc(C(C)(C)O)cc(C)c1C(N)=O. The van der Waals surface area contributed by atoms with E-state index in [0.717, 1.165) is 16.7 Å². The highest BCUT2D eigenvalue weighted by Crippen LogP contribution is 2.24. The van der Waals surface area contributed by atoms with Crippen molar-refractivity contribution in [3.63, 3.8) is 0 Å². The van der Waals surface area contributed by atoms with Crippen LogP contribution >= 0.6 is 0 Å². The summed E-state index contributed by atoms with van der Waals surface area (Å²) in [6.07, 6.45) is 0. The van der Waals surface area contributed by atoms with Crippen molar-refractivity contribution in [1.29, 1.82) is 0 Å². The van der Waals surface area contributed by atoms with Crippen LogP contribution in [0.3, 0.4) is 0 Å². The lowest BCUT2D eigenvalue weighted by molar-refractivity contribution is 0.0783. The van der Waals surface area contributed by atoms with Crippen molar-refractivity contribution in [2.45, 2.75) is 33.3 Å². The van der Waals surface area contributed by atoms with Crippen LogP contribution in [0.15, 0.2) is 12.1 Å². The van der Waals surface area contributed by atoms with Crippen LogP contribution in [0.5, 0.6) is 0 Å². The molecule has 15 heavy (non-hydrogen) atoms. The van der Waals surface area contributed by atoms with E-state index in [0.29, 0.717) is 5.56 Å². The molecule has 1 amide bonds. The van der Waals surface area contributed by atoms with Crippen LogP contribution in [0, 0.1) is 13.8 Å². The summed E-state index contributed by atoms with van der Waals surface area (Å²) in [6.45, 7) is 7.07. The largest absolute Gasteiger partial charge is 0.386 e. The topological polar surface area (TPSA) is 63.3 Å². The fraction of sp³-hybridized carbons (Fsp3) is 0.417. The summed E-state index contributed by atoms with van der Waals surface area (Å²) >= 11 is 0. The molecule has 0 atom stereocenters. The number of aryl methyl sites for hydroxylation is 2. The quantitative estimate of drug-likeness (QED) is 0.774. The van der Waals surface area contributed by atoms with Gasteiger partial charge in [0.15, 0.2) is 0 Å². The van der Waals surface area contributed by atoms with Gasteiger partial charge in [-0.15, -0.1) is 0 Å². The number of nitrogens with two attached hydrogens (primary N) is 1. The van der Waals surface area contributed by atoms with E-state index in [1.807, 2.05) is 13.8 Å². The van der Waals surface area contributed by atoms with Crippen LogP contribution in [0.2, 0.25) is 0 Å². The molecule has 0 aliphatic carbocycles. The normalized spacial score (nSPS) is 11.5. The molecule has 0 aliphatic heterocycles. The van der Waals surface area contributed by atoms with Crippen molar-refractivity contribution >= 4 is 5.91 Å². The maximum atomic E-state index is 11.2. The van der Waals surface area contributed by atoms with Gasteiger partial charge in [-0.05, 0) is 44.4 Å². The smallest absolute Gasteiger partial charge is 0.249 e. The summed E-state index contributed by atoms with van der Waals surface area (Å²) in [5, 5.41) is 9.85. The first-order valence-electron chi connectivity index (χ1n) is 4.87. The minimum atomic E-state index is -0.897. The summed E-state index contributed by atoms with van der Waals surface area (Å²) in [4.78, 5) is 11.2. The molecule has 0 fully saturated rings. The molecule has 0 saturated heterocycles. The van der Waals surface area contributed by atoms with E-state index in [-0.39, 0.29) is 0 Å². The van der Waals surface area contributed by atoms with Gasteiger partial charge in [0.2, 0.25) is 5.91 Å². The van der Waals surface area contributed by atoms with Gasteiger partial charge < -0.3 is 10.8 Å². The second-order valence-electron chi connectivity index (χ2n) is 4.41. The minimum Gasteiger partial charge on any atom is -0.386 e. The lowest BCUT2D eigenvalue weighted by Gasteiger charge is -2.20. The molecule has 3 heteroatoms. The highest BCUT2D eigenvalue weighted by atomic mass is 16.3. The Balaban J connectivity index is 3.39. The Kier molecular flexibility index (Phi) is 2.86. The molecule has 0 unspecified atom stereocenters. The third-order valence-corrected chi connectivity index (χ3v) is 2.49. The monoisotopic (exact) mass is 207 g/mol. The first kappa shape index (κ1) is 11.7. The van der Waals surface area contributed by atoms with Crippen molar-refractivity contribution < 1.29 is 9.90 Å². The molecule has 0 spiro atoms. The number of hydrogen-bond donors (Lipinski definition) is 2. The molecule has 3 N–H and O–H groups in total. The number of carbonyl (C=O) groups excluding carboxylic acids is 1. The van der Waals surface area contributed by atoms with Crippen LogP contribution in [0.4, 0.5) is 0 Å². The molecule has 0 aromatic heterocycles. The van der Waals surface area contributed by atoms with Crippen LogP contribution in [0.25, 0.3) is 0 Å². The Labute approximate surface area is 89.9 Å². The molecular formula is C12H17NO2. The summed E-state index contributed by atoms with van der Waals surface area (Å²) in [5.41, 5.74) is 7.32. The molecule has 0 heterocycles. The molecule has 3 nitrogen and oxygen atoms in total. The Hall–Kier alpha value is -1.35. The lowest BCUT2D eigenvalue weighted by Crippen LogP contribution is -2.19. The lowest BCUT2D eigenvalue weighted by atomic mass is 9.91. The van der Waals surface area contributed by atoms with E-state index >= 15 is 0 Å². The molecular weight excluding hydrogens is 190 g/mol. The number of amides is 1. The van der Waals surface area contributed by atoms with E-state index in [4.69, 9.17) is 5.73 Å². The second kappa shape index (κ2) is 3.66. The van der Waals surface area contributed by atoms with Gasteiger partial charge in [0.25, 0.3) is 0 Å². The van der Waals surface area contributed by atoms with E-state index in [9.17, 15) is 9.90 Å². The van der Waals surface area contributed by atoms with Crippen molar-refractivity contribution in [2.75, 3.05) is 0 Å². The zero-order chi connectivity index (χ0) is 11.8. The maximum Gasteiger partial charge on any atom is 0.249 e. The molecule has 0 bridgehead atoms. The Morgan fingerprint density at radius 1 is 1.27 bits per heavy atom. The predicted octanol–water partition coefficient (Wildman–Crippen LogP) is 1.63. The Morgan fingerprint density at radius 2 is 1.67 bits per heavy atom. The fourth-order valence-corrected chi connectivity index (χ4v) is 1.71. The number of carbonyl (C=O) groups is 1. The van der Waals surface area contributed by atoms with Crippen molar-refractivity contribution in [3.8, 4) is 0 Å². The zero-order valence-electron chi connectivity index (χ0n) is 9.59. The van der Waals surface area contributed by atoms with E-state index in [2.05, 4.69) is 0 Å². The molecule has 1 rings (SSSR count). The molecule has 0 radical (unpaired) electrons. The first-order chi connectivity index (χ1) is 6.73. The van der Waals surface area contributed by atoms with Crippen LogP contribution < -0.4 is 5.73 Å². The number of benzene rings is 1. The summed E-state index contributed by atoms with van der Waals surface area (Å²) < 4.78 is 0. The van der Waals surface area contributed by atoms with E-state index in [1.54, 1.807) is 26.0 Å². The van der Waals surface area contributed by atoms with Gasteiger partial charge in [-0.1, -0.05) is 12.1 Å². The van der Waals surface area contributed by atoms with Crippen molar-refractivity contribution in [3.05, 3.63) is 34.4 Å². The van der Waals surface area contributed by atoms with Crippen molar-refractivity contribution in [1.82, 2.24) is 0 Å². The minimum absolute atomic E-state index is 0.424. The van der Waals surface area contributed by atoms with Gasteiger partial charge >= 0.3 is 0 Å². The van der Waals surface area contributed by atoms with Gasteiger partial charge in [0, 0.05) is 5.56 Å². The standard InChI is InChI=1S/C12H17NO2/c1-7-5-9(12(3,4)15)6-8(2)10(7)11(13)14/h5-6,15H,1-4H3,(H2,13,14). The van der Waals surface area contributed by atoms with Crippen LogP contribution in [0.1, 0.15) is 40.9 Å². The fourth-order valence-electron chi connectivity index (χ4n) is 1.71. The van der Waals surface area contributed by atoms with Crippen LogP contribution in [-0.4, -0.2) is 11.0 Å². The van der Waals surface area contributed by atoms with Gasteiger partial charge in [0.1, 0.15) is 0 Å². The molecule has 82 valence electrons. The number of primary amides is 1. The maximum absolute atomic E-state index is 11.2. The molecule has 0 saturated carbocycles. The van der Waals surface area contributed by atoms with Gasteiger partial charge in [-0.2, -0.15) is 0 Å². The summed E-state index contributed by atoms with van der Waals surface area (Å²) in [6, 6.07) is 3.60. The van der Waals surface area contributed by atoms with Gasteiger partial charge in [-0.3, -0.25) is 4.79 Å². The van der Waals surface area contributed by atoms with Gasteiger partial charge in [0.05, 0.1) is 5.60 Å². The van der Waals surface area contributed by atoms with Crippen molar-refractivity contribution in [2.24, 2.45) is 5.73 Å². The van der Waals surface area contributed by atoms with E-state index in [1.165, 1.54) is 0 Å².